The molecule has 0 radical (unpaired) electrons. The van der Waals surface area contributed by atoms with Crippen molar-refractivity contribution in [3.8, 4) is 5.75 Å². The Balaban J connectivity index is 2.63. The Morgan fingerprint density at radius 2 is 2.14 bits per heavy atom. The van der Waals surface area contributed by atoms with E-state index in [1.54, 1.807) is 18.2 Å². The molecule has 14 heavy (non-hydrogen) atoms. The topological polar surface area (TPSA) is 26.3 Å². The average molecular weight is 298 g/mol. The van der Waals surface area contributed by atoms with E-state index < -0.39 is 0 Å². The Morgan fingerprint density at radius 1 is 1.43 bits per heavy atom. The number of hydrogen-bond donors (Lipinski definition) is 0. The van der Waals surface area contributed by atoms with Crippen LogP contribution >= 0.6 is 39.1 Å². The molecule has 5 heteroatoms. The number of ketones is 1. The number of halogens is 3. The molecule has 0 N–H and O–H groups in total. The second-order valence-corrected chi connectivity index (χ2v) is 3.94. The van der Waals surface area contributed by atoms with Crippen LogP contribution in [0, 0.1) is 0 Å². The second-order valence-electron chi connectivity index (χ2n) is 2.54. The lowest BCUT2D eigenvalue weighted by molar-refractivity contribution is -0.118. The number of alkyl halides is 1. The van der Waals surface area contributed by atoms with Crippen LogP contribution in [-0.4, -0.2) is 17.7 Å². The predicted octanol–water partition coefficient (Wildman–Crippen LogP) is 3.34. The molecule has 0 bridgehead atoms. The molecule has 0 unspecified atom stereocenters. The summed E-state index contributed by atoms with van der Waals surface area (Å²) < 4.78 is 5.17. The number of carbonyl (C=O) groups is 1. The number of ether oxygens (including phenoxy) is 1. The first-order valence-corrected chi connectivity index (χ1v) is 5.66. The standard InChI is InChI=1S/C9H7BrCl2O2/c10-4-7(13)5-14-9-2-1-6(11)3-8(9)12/h1-3H,4-5H2. The summed E-state index contributed by atoms with van der Waals surface area (Å²) in [5.74, 6) is 0.418. The molecule has 0 aromatic heterocycles. The van der Waals surface area contributed by atoms with Crippen LogP contribution in [0.15, 0.2) is 18.2 Å². The van der Waals surface area contributed by atoms with Crippen LogP contribution in [0.2, 0.25) is 10.0 Å². The van der Waals surface area contributed by atoms with E-state index in [0.717, 1.165) is 0 Å². The Bertz CT molecular complexity index is 342. The molecule has 0 aliphatic rings. The molecule has 0 heterocycles. The molecule has 1 rings (SSSR count). The van der Waals surface area contributed by atoms with Gasteiger partial charge < -0.3 is 4.74 Å². The van der Waals surface area contributed by atoms with Gasteiger partial charge in [-0.15, -0.1) is 0 Å². The first-order valence-electron chi connectivity index (χ1n) is 3.79. The van der Waals surface area contributed by atoms with Gasteiger partial charge in [-0.1, -0.05) is 39.1 Å². The van der Waals surface area contributed by atoms with Crippen LogP contribution in [-0.2, 0) is 4.79 Å². The van der Waals surface area contributed by atoms with Gasteiger partial charge in [-0.3, -0.25) is 4.79 Å². The van der Waals surface area contributed by atoms with Crippen molar-refractivity contribution in [3.05, 3.63) is 28.2 Å². The summed E-state index contributed by atoms with van der Waals surface area (Å²) in [6.07, 6.45) is 0. The van der Waals surface area contributed by atoms with E-state index in [2.05, 4.69) is 15.9 Å². The van der Waals surface area contributed by atoms with Gasteiger partial charge in [0.2, 0.25) is 0 Å². The first-order chi connectivity index (χ1) is 6.63. The van der Waals surface area contributed by atoms with Crippen molar-refractivity contribution in [1.82, 2.24) is 0 Å². The highest BCUT2D eigenvalue weighted by Crippen LogP contribution is 2.27. The fraction of sp³-hybridized carbons (Fsp3) is 0.222. The summed E-state index contributed by atoms with van der Waals surface area (Å²) in [4.78, 5) is 10.9. The van der Waals surface area contributed by atoms with Crippen molar-refractivity contribution < 1.29 is 9.53 Å². The number of carbonyl (C=O) groups excluding carboxylic acids is 1. The summed E-state index contributed by atoms with van der Waals surface area (Å²) in [6, 6.07) is 4.85. The minimum Gasteiger partial charge on any atom is -0.484 e. The van der Waals surface area contributed by atoms with Gasteiger partial charge in [-0.05, 0) is 18.2 Å². The third-order valence-corrected chi connectivity index (χ3v) is 2.59. The maximum Gasteiger partial charge on any atom is 0.180 e. The molecule has 0 aliphatic carbocycles. The summed E-state index contributed by atoms with van der Waals surface area (Å²) in [5, 5.41) is 1.21. The Kier molecular flexibility index (Phi) is 4.72. The van der Waals surface area contributed by atoms with Gasteiger partial charge in [0.1, 0.15) is 12.4 Å². The van der Waals surface area contributed by atoms with Crippen molar-refractivity contribution >= 4 is 44.9 Å². The minimum absolute atomic E-state index is 0.00655. The van der Waals surface area contributed by atoms with Crippen molar-refractivity contribution in [3.63, 3.8) is 0 Å². The van der Waals surface area contributed by atoms with Crippen molar-refractivity contribution in [1.29, 1.82) is 0 Å². The highest BCUT2D eigenvalue weighted by atomic mass is 79.9. The Hall–Kier alpha value is -0.250. The molecule has 0 spiro atoms. The van der Waals surface area contributed by atoms with Crippen LogP contribution in [0.1, 0.15) is 0 Å². The van der Waals surface area contributed by atoms with E-state index in [4.69, 9.17) is 27.9 Å². The van der Waals surface area contributed by atoms with Crippen LogP contribution in [0.4, 0.5) is 0 Å². The molecule has 0 fully saturated rings. The zero-order chi connectivity index (χ0) is 10.6. The van der Waals surface area contributed by atoms with Gasteiger partial charge in [-0.2, -0.15) is 0 Å². The van der Waals surface area contributed by atoms with Crippen LogP contribution in [0.5, 0.6) is 5.75 Å². The number of Topliss-reactive ketones (excluding diaryl/α,β-unsaturated/α-hetero) is 1. The lowest BCUT2D eigenvalue weighted by Gasteiger charge is -2.06. The summed E-state index contributed by atoms with van der Waals surface area (Å²) in [5.41, 5.74) is 0. The fourth-order valence-corrected chi connectivity index (χ4v) is 1.41. The highest BCUT2D eigenvalue weighted by Gasteiger charge is 2.04. The summed E-state index contributed by atoms with van der Waals surface area (Å²) in [7, 11) is 0. The van der Waals surface area contributed by atoms with E-state index in [1.165, 1.54) is 0 Å². The van der Waals surface area contributed by atoms with E-state index >= 15 is 0 Å². The fourth-order valence-electron chi connectivity index (χ4n) is 0.789. The highest BCUT2D eigenvalue weighted by molar-refractivity contribution is 9.09. The first kappa shape index (κ1) is 11.8. The molecule has 0 atom stereocenters. The zero-order valence-corrected chi connectivity index (χ0v) is 10.2. The van der Waals surface area contributed by atoms with Crippen LogP contribution < -0.4 is 4.74 Å². The van der Waals surface area contributed by atoms with Gasteiger partial charge in [0.25, 0.3) is 0 Å². The predicted molar refractivity (Wildman–Crippen MR) is 60.8 cm³/mol. The largest absolute Gasteiger partial charge is 0.484 e. The Labute approximate surface area is 100 Å². The molecule has 0 amide bonds. The van der Waals surface area contributed by atoms with E-state index in [0.29, 0.717) is 15.8 Å². The number of hydrogen-bond acceptors (Lipinski definition) is 2. The summed E-state index contributed by atoms with van der Waals surface area (Å²) >= 11 is 14.6. The van der Waals surface area contributed by atoms with E-state index in [-0.39, 0.29) is 17.7 Å². The molecule has 76 valence electrons. The van der Waals surface area contributed by atoms with Gasteiger partial charge in [0.15, 0.2) is 5.78 Å². The van der Waals surface area contributed by atoms with Gasteiger partial charge >= 0.3 is 0 Å². The second kappa shape index (κ2) is 5.59. The Morgan fingerprint density at radius 3 is 2.71 bits per heavy atom. The van der Waals surface area contributed by atoms with E-state index in [9.17, 15) is 4.79 Å². The van der Waals surface area contributed by atoms with Gasteiger partial charge in [0.05, 0.1) is 10.4 Å². The molecular weight excluding hydrogens is 291 g/mol. The molecular formula is C9H7BrCl2O2. The van der Waals surface area contributed by atoms with Crippen molar-refractivity contribution in [2.45, 2.75) is 0 Å². The quantitative estimate of drug-likeness (QED) is 0.797. The smallest absolute Gasteiger partial charge is 0.180 e. The molecule has 0 saturated heterocycles. The SMILES string of the molecule is O=C(CBr)COc1ccc(Cl)cc1Cl. The van der Waals surface area contributed by atoms with Gasteiger partial charge in [0, 0.05) is 5.02 Å². The molecule has 1 aromatic rings. The van der Waals surface area contributed by atoms with Crippen LogP contribution in [0.3, 0.4) is 0 Å². The normalized spacial score (nSPS) is 9.93. The molecule has 1 aromatic carbocycles. The third-order valence-electron chi connectivity index (χ3n) is 1.43. The monoisotopic (exact) mass is 296 g/mol. The van der Waals surface area contributed by atoms with Crippen LogP contribution in [0.25, 0.3) is 0 Å². The van der Waals surface area contributed by atoms with E-state index in [1.807, 2.05) is 0 Å². The average Bonchev–Trinajstić information content (AvgIpc) is 2.16. The maximum atomic E-state index is 10.9. The lowest BCUT2D eigenvalue weighted by atomic mass is 10.3. The van der Waals surface area contributed by atoms with Gasteiger partial charge in [-0.25, -0.2) is 0 Å². The number of rotatable bonds is 4. The lowest BCUT2D eigenvalue weighted by Crippen LogP contribution is -2.12. The maximum absolute atomic E-state index is 10.9. The van der Waals surface area contributed by atoms with Crippen molar-refractivity contribution in [2.75, 3.05) is 11.9 Å². The minimum atomic E-state index is -0.0454. The molecule has 2 nitrogen and oxygen atoms in total. The molecule has 0 aliphatic heterocycles. The molecule has 0 saturated carbocycles. The summed E-state index contributed by atoms with van der Waals surface area (Å²) in [6.45, 7) is 0.00655. The van der Waals surface area contributed by atoms with Crippen molar-refractivity contribution in [2.24, 2.45) is 0 Å². The number of benzene rings is 1. The third kappa shape index (κ3) is 3.48. The zero-order valence-electron chi connectivity index (χ0n) is 7.10.